The quantitative estimate of drug-likeness (QED) is 0.742. The standard InChI is InChI=1S/C18H26N4O3S/c1-12(2)22-17(25)13(15(23)14-18(22)26-11-20-14)16(24)19-7-6-10-21-8-4-3-5-9-21/h11-12,23H,3-10H2,1-2H3,(H,19,24)/i1D3,2D3,3D2,4D2,5D2,7D2,8D2,9D2,10D2,11D,12D/hD2. The Bertz CT molecular complexity index is 1700. The number of amides is 1. The van der Waals surface area contributed by atoms with E-state index in [1.807, 2.05) is 0 Å². The maximum atomic E-state index is 13.8. The van der Waals surface area contributed by atoms with Gasteiger partial charge in [0.1, 0.15) is 15.9 Å². The second-order valence-electron chi connectivity index (χ2n) is 4.50. The van der Waals surface area contributed by atoms with Crippen LogP contribution >= 0.6 is 11.3 Å². The summed E-state index contributed by atoms with van der Waals surface area (Å²) >= 11 is 0.114. The fraction of sp³-hybridized carbons (Fsp3) is 0.611. The Morgan fingerprint density at radius 3 is 3.19 bits per heavy atom. The van der Waals surface area contributed by atoms with Crippen molar-refractivity contribution in [2.75, 3.05) is 26.0 Å². The molecule has 1 amide bonds. The summed E-state index contributed by atoms with van der Waals surface area (Å²) in [4.78, 5) is 29.4. The van der Waals surface area contributed by atoms with Crippen LogP contribution in [0.15, 0.2) is 10.3 Å². The van der Waals surface area contributed by atoms with Crippen LogP contribution in [0.4, 0.5) is 0 Å². The topological polar surface area (TPSA) is 87.5 Å². The number of likely N-dealkylation sites (tertiary alicyclic amines) is 1. The van der Waals surface area contributed by atoms with E-state index in [-0.39, 0.29) is 15.9 Å². The molecule has 1 saturated heterocycles. The summed E-state index contributed by atoms with van der Waals surface area (Å²) in [6.07, 6.45) is -14.2. The van der Waals surface area contributed by atoms with E-state index in [1.165, 1.54) is 0 Å². The molecule has 1 fully saturated rings. The maximum Gasteiger partial charge on any atom is 0.293 e. The predicted octanol–water partition coefficient (Wildman–Crippen LogP) is 2.35. The predicted molar refractivity (Wildman–Crippen MR) is 103 cm³/mol. The van der Waals surface area contributed by atoms with Gasteiger partial charge in [-0.25, -0.2) is 4.98 Å². The SMILES string of the molecule is [2H]Oc1c(C(=O)N([2H])C([2H])([2H])CC([2H])([2H])N2C([2H])([2H])C([2H])([2H])C([2H])([2H])C([2H])([2H])C2([2H])[2H])c(=O)n(C([2H])(C([2H])([2H])[2H])C([2H])([2H])[2H])c2sc([2H])nc12. The molecule has 26 heavy (non-hydrogen) atoms. The number of piperidine rings is 1. The monoisotopic (exact) mass is 402 g/mol. The van der Waals surface area contributed by atoms with Gasteiger partial charge in [0, 0.05) is 39.9 Å². The largest absolute Gasteiger partial charge is 0.505 e. The van der Waals surface area contributed by atoms with Crippen molar-refractivity contribution in [1.82, 2.24) is 19.8 Å². The van der Waals surface area contributed by atoms with Gasteiger partial charge in [-0.2, -0.15) is 0 Å². The second kappa shape index (κ2) is 8.18. The molecule has 3 heterocycles. The minimum absolute atomic E-state index is 0.114. The number of hydrogen-bond acceptors (Lipinski definition) is 6. The molecule has 0 spiro atoms. The highest BCUT2D eigenvalue weighted by atomic mass is 32.1. The van der Waals surface area contributed by atoms with E-state index >= 15 is 0 Å². The number of nitrogens with one attached hydrogen (secondary N) is 1. The molecule has 7 nitrogen and oxygen atoms in total. The molecule has 1 aliphatic rings. The minimum atomic E-state index is -4.12. The molecule has 0 saturated carbocycles. The molecule has 8 heteroatoms. The number of nitrogens with zero attached hydrogens (tertiary/aromatic N) is 3. The van der Waals surface area contributed by atoms with Gasteiger partial charge in [-0.1, -0.05) is 6.37 Å². The molecule has 2 N–H and O–H groups in total. The van der Waals surface area contributed by atoms with Crippen LogP contribution in [-0.4, -0.2) is 52.9 Å². The number of hydrogen-bond donors (Lipinski definition) is 2. The van der Waals surface area contributed by atoms with Crippen molar-refractivity contribution in [2.45, 2.75) is 45.3 Å². The number of thiazole rings is 1. The summed E-state index contributed by atoms with van der Waals surface area (Å²) in [5.74, 6) is -3.54. The Kier molecular flexibility index (Phi) is 1.61. The molecular formula is C18H26N4O3S. The Hall–Kier alpha value is -1.93. The van der Waals surface area contributed by atoms with Crippen LogP contribution in [0.2, 0.25) is 1.41 Å². The van der Waals surface area contributed by atoms with E-state index in [2.05, 4.69) is 10.1 Å². The Labute approximate surface area is 190 Å². The first-order valence-electron chi connectivity index (χ1n) is 18.6. The molecule has 2 aromatic heterocycles. The number of carbonyl (C=O) groups is 1. The third kappa shape index (κ3) is 3.76. The number of fused-ring (bicyclic) bond motifs is 1. The first-order valence-corrected chi connectivity index (χ1v) is 7.53. The summed E-state index contributed by atoms with van der Waals surface area (Å²) in [7, 11) is 0. The summed E-state index contributed by atoms with van der Waals surface area (Å²) in [6, 6.07) is -3.97. The molecule has 3 rings (SSSR count). The third-order valence-corrected chi connectivity index (χ3v) is 3.71. The molecule has 0 aliphatic carbocycles. The average Bonchev–Trinajstić information content (AvgIpc) is 3.28. The zero-order valence-electron chi connectivity index (χ0n) is 36.6. The molecule has 0 bridgehead atoms. The zero-order chi connectivity index (χ0) is 39.6. The van der Waals surface area contributed by atoms with E-state index in [0.717, 1.165) is 0 Å². The van der Waals surface area contributed by atoms with Crippen molar-refractivity contribution >= 4 is 27.6 Å². The number of carbonyl (C=O) groups excluding carboxylic acids is 1. The number of pyridine rings is 1. The number of aromatic nitrogens is 2. The highest BCUT2D eigenvalue weighted by Gasteiger charge is 2.24. The van der Waals surface area contributed by atoms with Gasteiger partial charge in [-0.3, -0.25) is 14.2 Å². The lowest BCUT2D eigenvalue weighted by Gasteiger charge is -2.26. The summed E-state index contributed by atoms with van der Waals surface area (Å²) in [5, 5.41) is 3.43. The summed E-state index contributed by atoms with van der Waals surface area (Å²) < 4.78 is 192. The molecule has 1 aliphatic heterocycles. The Morgan fingerprint density at radius 2 is 2.46 bits per heavy atom. The van der Waals surface area contributed by atoms with Crippen molar-refractivity contribution in [3.63, 3.8) is 0 Å². The minimum Gasteiger partial charge on any atom is -0.505 e. The lowest BCUT2D eigenvalue weighted by atomic mass is 10.1. The van der Waals surface area contributed by atoms with Crippen LogP contribution < -0.4 is 10.9 Å². The van der Waals surface area contributed by atoms with Crippen LogP contribution in [0, 0.1) is 0 Å². The average molecular weight is 403 g/mol. The summed E-state index contributed by atoms with van der Waals surface area (Å²) in [6.45, 7) is -23.9. The van der Waals surface area contributed by atoms with E-state index < -0.39 is 120 Å². The van der Waals surface area contributed by atoms with E-state index in [9.17, 15) is 9.59 Å². The van der Waals surface area contributed by atoms with Gasteiger partial charge in [0.15, 0.2) is 7.16 Å². The number of aromatic hydroxyl groups is 1. The first kappa shape index (κ1) is 5.11. The Balaban J connectivity index is 2.29. The smallest absolute Gasteiger partial charge is 0.293 e. The van der Waals surface area contributed by atoms with Gasteiger partial charge >= 0.3 is 0 Å². The van der Waals surface area contributed by atoms with Crippen LogP contribution in [0.3, 0.4) is 0 Å². The lowest BCUT2D eigenvalue weighted by molar-refractivity contribution is 0.0946. The maximum absolute atomic E-state index is 13.8. The molecule has 142 valence electrons. The van der Waals surface area contributed by atoms with Crippen molar-refractivity contribution in [3.05, 3.63) is 21.4 Å². The highest BCUT2D eigenvalue weighted by Crippen LogP contribution is 2.29. The molecule has 0 unspecified atom stereocenters. The van der Waals surface area contributed by atoms with Crippen molar-refractivity contribution in [2.24, 2.45) is 0 Å². The third-order valence-electron chi connectivity index (χ3n) is 2.96. The van der Waals surface area contributed by atoms with Crippen LogP contribution in [-0.2, 0) is 0 Å². The first-order chi connectivity index (χ1) is 21.9. The highest BCUT2D eigenvalue weighted by molar-refractivity contribution is 7.16. The molecule has 0 atom stereocenters. The van der Waals surface area contributed by atoms with Crippen LogP contribution in [0.25, 0.3) is 10.3 Å². The van der Waals surface area contributed by atoms with Gasteiger partial charge < -0.3 is 15.3 Å². The number of rotatable bonds is 7. The van der Waals surface area contributed by atoms with Crippen LogP contribution in [0.5, 0.6) is 5.75 Å². The van der Waals surface area contributed by atoms with Crippen LogP contribution in [0.1, 0.15) is 85.8 Å². The normalized spacial score (nSPS) is 41.2. The fourth-order valence-electron chi connectivity index (χ4n) is 1.91. The molecule has 2 aromatic rings. The Morgan fingerprint density at radius 1 is 1.65 bits per heavy atom. The van der Waals surface area contributed by atoms with Crippen molar-refractivity contribution in [3.8, 4) is 5.75 Å². The summed E-state index contributed by atoms with van der Waals surface area (Å²) in [5.41, 5.74) is -5.53. The molecule has 0 aromatic carbocycles. The van der Waals surface area contributed by atoms with Crippen molar-refractivity contribution < 1.29 is 41.5 Å². The molecular weight excluding hydrogens is 352 g/mol. The van der Waals surface area contributed by atoms with Gasteiger partial charge in [0.25, 0.3) is 12.9 Å². The van der Waals surface area contributed by atoms with Crippen molar-refractivity contribution in [1.29, 1.82) is 1.43 Å². The lowest BCUT2D eigenvalue weighted by Crippen LogP contribution is -2.36. The van der Waals surface area contributed by atoms with E-state index in [0.29, 0.717) is 0 Å². The zero-order valence-corrected chi connectivity index (χ0v) is 13.4. The van der Waals surface area contributed by atoms with E-state index in [1.54, 1.807) is 0 Å². The second-order valence-corrected chi connectivity index (χ2v) is 5.27. The van der Waals surface area contributed by atoms with E-state index in [4.69, 9.17) is 33.0 Å². The fourth-order valence-corrected chi connectivity index (χ4v) is 2.63. The molecule has 0 radical (unpaired) electrons. The van der Waals surface area contributed by atoms with Gasteiger partial charge in [-0.05, 0) is 52.4 Å². The van der Waals surface area contributed by atoms with Gasteiger partial charge in [0.2, 0.25) is 0 Å². The van der Waals surface area contributed by atoms with Gasteiger partial charge in [0.05, 0.1) is 8.23 Å². The van der Waals surface area contributed by atoms with Gasteiger partial charge in [-0.15, -0.1) is 11.3 Å².